The second-order valence-electron chi connectivity index (χ2n) is 4.23. The van der Waals surface area contributed by atoms with E-state index in [4.69, 9.17) is 10.5 Å². The van der Waals surface area contributed by atoms with Crippen LogP contribution in [0.15, 0.2) is 30.9 Å². The van der Waals surface area contributed by atoms with E-state index in [-0.39, 0.29) is 18.0 Å². The average Bonchev–Trinajstić information content (AvgIpc) is 2.27. The predicted molar refractivity (Wildman–Crippen MR) is 68.7 cm³/mol. The third-order valence-corrected chi connectivity index (χ3v) is 2.61. The van der Waals surface area contributed by atoms with Crippen molar-refractivity contribution in [3.8, 4) is 5.75 Å². The van der Waals surface area contributed by atoms with Gasteiger partial charge in [0.05, 0.1) is 0 Å². The zero-order valence-corrected chi connectivity index (χ0v) is 10.4. The summed E-state index contributed by atoms with van der Waals surface area (Å²) >= 11 is 0. The smallest absolute Gasteiger partial charge is 0.127 e. The lowest BCUT2D eigenvalue weighted by Gasteiger charge is -2.13. The minimum Gasteiger partial charge on any atom is -0.487 e. The molecule has 0 saturated heterocycles. The van der Waals surface area contributed by atoms with Gasteiger partial charge in [-0.05, 0) is 37.5 Å². The van der Waals surface area contributed by atoms with E-state index in [1.165, 1.54) is 12.1 Å². The van der Waals surface area contributed by atoms with Gasteiger partial charge in [0.2, 0.25) is 0 Å². The highest BCUT2D eigenvalue weighted by atomic mass is 19.1. The van der Waals surface area contributed by atoms with Gasteiger partial charge < -0.3 is 10.5 Å². The molecule has 0 heterocycles. The summed E-state index contributed by atoms with van der Waals surface area (Å²) in [5.41, 5.74) is 6.72. The molecule has 0 bridgehead atoms. The van der Waals surface area contributed by atoms with Crippen molar-refractivity contribution in [2.24, 2.45) is 5.73 Å². The van der Waals surface area contributed by atoms with Gasteiger partial charge in [-0.1, -0.05) is 19.6 Å². The van der Waals surface area contributed by atoms with Gasteiger partial charge in [0.15, 0.2) is 0 Å². The molecule has 0 aliphatic carbocycles. The molecule has 0 radical (unpaired) electrons. The van der Waals surface area contributed by atoms with Crippen LogP contribution in [0, 0.1) is 5.82 Å². The van der Waals surface area contributed by atoms with Gasteiger partial charge >= 0.3 is 0 Å². The molecule has 2 atom stereocenters. The van der Waals surface area contributed by atoms with Crippen LogP contribution in [-0.4, -0.2) is 12.1 Å². The SMILES string of the molecule is C=CC(C)Oc1cc(F)cc(CC(N)CC)c1. The summed E-state index contributed by atoms with van der Waals surface area (Å²) < 4.78 is 18.9. The molecule has 1 aromatic carbocycles. The zero-order chi connectivity index (χ0) is 12.8. The van der Waals surface area contributed by atoms with Gasteiger partial charge in [0.25, 0.3) is 0 Å². The molecule has 94 valence electrons. The van der Waals surface area contributed by atoms with E-state index < -0.39 is 0 Å². The Morgan fingerprint density at radius 3 is 2.76 bits per heavy atom. The number of benzene rings is 1. The third kappa shape index (κ3) is 4.57. The van der Waals surface area contributed by atoms with Gasteiger partial charge in [-0.2, -0.15) is 0 Å². The van der Waals surface area contributed by atoms with Crippen molar-refractivity contribution in [2.75, 3.05) is 0 Å². The fraction of sp³-hybridized carbons (Fsp3) is 0.429. The monoisotopic (exact) mass is 237 g/mol. The largest absolute Gasteiger partial charge is 0.487 e. The number of hydrogen-bond donors (Lipinski definition) is 1. The first-order valence-electron chi connectivity index (χ1n) is 5.89. The molecular formula is C14H20FNO. The molecule has 2 N–H and O–H groups in total. The second kappa shape index (κ2) is 6.40. The van der Waals surface area contributed by atoms with Gasteiger partial charge in [0.1, 0.15) is 17.7 Å². The topological polar surface area (TPSA) is 35.2 Å². The van der Waals surface area contributed by atoms with Crippen LogP contribution in [0.4, 0.5) is 4.39 Å². The van der Waals surface area contributed by atoms with Crippen LogP contribution in [0.1, 0.15) is 25.8 Å². The van der Waals surface area contributed by atoms with Crippen LogP contribution in [0.2, 0.25) is 0 Å². The molecule has 0 spiro atoms. The molecule has 2 nitrogen and oxygen atoms in total. The summed E-state index contributed by atoms with van der Waals surface area (Å²) in [5, 5.41) is 0. The second-order valence-corrected chi connectivity index (χ2v) is 4.23. The number of nitrogens with two attached hydrogens (primary N) is 1. The number of hydrogen-bond acceptors (Lipinski definition) is 2. The Morgan fingerprint density at radius 2 is 2.18 bits per heavy atom. The summed E-state index contributed by atoms with van der Waals surface area (Å²) in [6.45, 7) is 7.50. The normalized spacial score (nSPS) is 14.1. The van der Waals surface area contributed by atoms with Gasteiger partial charge in [-0.25, -0.2) is 4.39 Å². The molecule has 3 heteroatoms. The van der Waals surface area contributed by atoms with E-state index in [1.807, 2.05) is 19.9 Å². The van der Waals surface area contributed by atoms with Crippen molar-refractivity contribution in [3.05, 3.63) is 42.2 Å². The summed E-state index contributed by atoms with van der Waals surface area (Å²) in [6.07, 6.45) is 3.06. The van der Waals surface area contributed by atoms with Crippen LogP contribution in [0.25, 0.3) is 0 Å². The van der Waals surface area contributed by atoms with Crippen molar-refractivity contribution in [1.82, 2.24) is 0 Å². The lowest BCUT2D eigenvalue weighted by Crippen LogP contribution is -2.21. The highest BCUT2D eigenvalue weighted by Crippen LogP contribution is 2.19. The van der Waals surface area contributed by atoms with E-state index in [1.54, 1.807) is 6.08 Å². The first-order valence-corrected chi connectivity index (χ1v) is 5.89. The highest BCUT2D eigenvalue weighted by molar-refractivity contribution is 5.30. The van der Waals surface area contributed by atoms with Gasteiger partial charge in [0, 0.05) is 12.1 Å². The molecule has 0 amide bonds. The lowest BCUT2D eigenvalue weighted by atomic mass is 10.0. The average molecular weight is 237 g/mol. The standard InChI is InChI=1S/C14H20FNO/c1-4-10(3)17-14-8-11(6-12(15)9-14)7-13(16)5-2/h4,6,8-10,13H,1,5,7,16H2,2-3H3. The van der Waals surface area contributed by atoms with Crippen LogP contribution >= 0.6 is 0 Å². The molecule has 17 heavy (non-hydrogen) atoms. The predicted octanol–water partition coefficient (Wildman–Crippen LogP) is 3.06. The maximum atomic E-state index is 13.4. The first kappa shape index (κ1) is 13.7. The molecule has 0 aliphatic rings. The van der Waals surface area contributed by atoms with Crippen LogP contribution in [-0.2, 0) is 6.42 Å². The third-order valence-electron chi connectivity index (χ3n) is 2.61. The quantitative estimate of drug-likeness (QED) is 0.772. The van der Waals surface area contributed by atoms with Crippen molar-refractivity contribution in [2.45, 2.75) is 38.8 Å². The fourth-order valence-electron chi connectivity index (χ4n) is 1.52. The molecule has 2 unspecified atom stereocenters. The van der Waals surface area contributed by atoms with Gasteiger partial charge in [-0.15, -0.1) is 0 Å². The molecule has 1 aromatic rings. The van der Waals surface area contributed by atoms with Crippen molar-refractivity contribution >= 4 is 0 Å². The maximum absolute atomic E-state index is 13.4. The Balaban J connectivity index is 2.82. The Hall–Kier alpha value is -1.35. The molecule has 0 aromatic heterocycles. The van der Waals surface area contributed by atoms with E-state index >= 15 is 0 Å². The molecule has 1 rings (SSSR count). The van der Waals surface area contributed by atoms with Gasteiger partial charge in [-0.3, -0.25) is 0 Å². The highest BCUT2D eigenvalue weighted by Gasteiger charge is 2.07. The Labute approximate surface area is 102 Å². The maximum Gasteiger partial charge on any atom is 0.127 e. The number of halogens is 1. The van der Waals surface area contributed by atoms with Crippen molar-refractivity contribution in [3.63, 3.8) is 0 Å². The summed E-state index contributed by atoms with van der Waals surface area (Å²) in [5.74, 6) is 0.229. The minimum atomic E-state index is -0.294. The van der Waals surface area contributed by atoms with Crippen LogP contribution in [0.3, 0.4) is 0 Å². The summed E-state index contributed by atoms with van der Waals surface area (Å²) in [4.78, 5) is 0. The van der Waals surface area contributed by atoms with Crippen molar-refractivity contribution < 1.29 is 9.13 Å². The lowest BCUT2D eigenvalue weighted by molar-refractivity contribution is 0.268. The first-order chi connectivity index (χ1) is 8.05. The number of ether oxygens (including phenoxy) is 1. The molecule has 0 aliphatic heterocycles. The summed E-state index contributed by atoms with van der Waals surface area (Å²) in [7, 11) is 0. The van der Waals surface area contributed by atoms with Crippen molar-refractivity contribution in [1.29, 1.82) is 0 Å². The van der Waals surface area contributed by atoms with E-state index in [0.29, 0.717) is 12.2 Å². The number of rotatable bonds is 6. The van der Waals surface area contributed by atoms with Crippen LogP contribution < -0.4 is 10.5 Å². The van der Waals surface area contributed by atoms with E-state index in [0.717, 1.165) is 12.0 Å². The fourth-order valence-corrected chi connectivity index (χ4v) is 1.52. The Morgan fingerprint density at radius 1 is 1.47 bits per heavy atom. The Kier molecular flexibility index (Phi) is 5.16. The minimum absolute atomic E-state index is 0.0569. The zero-order valence-electron chi connectivity index (χ0n) is 10.4. The molecule has 0 saturated carbocycles. The van der Waals surface area contributed by atoms with Crippen LogP contribution in [0.5, 0.6) is 5.75 Å². The molecular weight excluding hydrogens is 217 g/mol. The summed E-state index contributed by atoms with van der Waals surface area (Å²) in [6, 6.07) is 4.77. The van der Waals surface area contributed by atoms with E-state index in [9.17, 15) is 4.39 Å². The Bertz CT molecular complexity index is 378. The van der Waals surface area contributed by atoms with E-state index in [2.05, 4.69) is 6.58 Å². The molecule has 0 fully saturated rings.